The van der Waals surface area contributed by atoms with Crippen molar-refractivity contribution in [2.75, 3.05) is 34.0 Å². The van der Waals surface area contributed by atoms with E-state index in [1.807, 2.05) is 58.1 Å². The molecular weight excluding hydrogens is 939 g/mol. The van der Waals surface area contributed by atoms with Gasteiger partial charge >= 0.3 is 11.9 Å². The summed E-state index contributed by atoms with van der Waals surface area (Å²) in [6, 6.07) is -1.18. The molecule has 4 aliphatic rings. The number of ketones is 3. The SMILES string of the molecule is CC[C@@H]1CC(CC(C)[C@@H]2CC(=O)[C@H](C)/C=C(\C)[C@@H](O)[C@@H](OC)C(=O)[C@H](C)C[C@H](C)/C=C/C=C/C=C(\C)[C@@H](OC)C[C@@H]3CC[C@@H](C)[C@@](O)(O3)C(=O)C(=O)N3CCCC[C@H]3C(=O)O2)CC[C@H]1OC(=O)C(C)(CO)CO. The van der Waals surface area contributed by atoms with Crippen molar-refractivity contribution in [3.8, 4) is 0 Å². The third-order valence-corrected chi connectivity index (χ3v) is 16.3. The number of allylic oxidation sites excluding steroid dienone is 6. The number of fused-ring (bicyclic) bond motifs is 3. The number of hydrogen-bond donors (Lipinski definition) is 4. The number of carbonyl (C=O) groups is 6. The van der Waals surface area contributed by atoms with E-state index in [2.05, 4.69) is 0 Å². The van der Waals surface area contributed by atoms with Gasteiger partial charge in [-0.1, -0.05) is 78.0 Å². The second kappa shape index (κ2) is 28.3. The molecule has 3 fully saturated rings. The van der Waals surface area contributed by atoms with Crippen molar-refractivity contribution < 1.29 is 72.9 Å². The van der Waals surface area contributed by atoms with Crippen LogP contribution in [0.25, 0.3) is 0 Å². The van der Waals surface area contributed by atoms with Gasteiger partial charge < -0.3 is 49.0 Å². The van der Waals surface area contributed by atoms with Crippen molar-refractivity contribution in [3.63, 3.8) is 0 Å². The second-order valence-electron chi connectivity index (χ2n) is 22.2. The molecule has 3 heterocycles. The minimum Gasteiger partial charge on any atom is -0.462 e. The molecule has 1 amide bonds. The summed E-state index contributed by atoms with van der Waals surface area (Å²) in [5, 5.41) is 43.2. The number of methoxy groups -OCH3 is 2. The summed E-state index contributed by atoms with van der Waals surface area (Å²) in [6.07, 6.45) is 11.9. The molecule has 4 N–H and O–H groups in total. The zero-order chi connectivity index (χ0) is 54.4. The maximum atomic E-state index is 14.6. The first-order chi connectivity index (χ1) is 34.5. The van der Waals surface area contributed by atoms with Crippen molar-refractivity contribution in [1.29, 1.82) is 0 Å². The highest BCUT2D eigenvalue weighted by Crippen LogP contribution is 2.40. The van der Waals surface area contributed by atoms with Crippen molar-refractivity contribution in [2.24, 2.45) is 46.8 Å². The number of rotatable bonds is 10. The highest BCUT2D eigenvalue weighted by molar-refractivity contribution is 6.39. The number of piperidine rings is 1. The van der Waals surface area contributed by atoms with E-state index in [4.69, 9.17) is 23.7 Å². The first-order valence-corrected chi connectivity index (χ1v) is 26.9. The number of aliphatic hydroxyl groups is 4. The molecule has 15 atom stereocenters. The zero-order valence-corrected chi connectivity index (χ0v) is 45.6. The van der Waals surface area contributed by atoms with E-state index >= 15 is 0 Å². The molecule has 412 valence electrons. The molecule has 16 heteroatoms. The lowest BCUT2D eigenvalue weighted by Crippen LogP contribution is -2.61. The molecule has 0 aromatic rings. The van der Waals surface area contributed by atoms with E-state index < -0.39 is 114 Å². The molecule has 1 saturated carbocycles. The number of carbonyl (C=O) groups excluding carboxylic acids is 6. The molecule has 4 rings (SSSR count). The Morgan fingerprint density at radius 1 is 0.904 bits per heavy atom. The Balaban J connectivity index is 1.69. The average Bonchev–Trinajstić information content (AvgIpc) is 3.37. The fraction of sp³-hybridized carbons (Fsp3) is 0.754. The van der Waals surface area contributed by atoms with Crippen LogP contribution in [0.1, 0.15) is 146 Å². The molecular formula is C57H89NO15. The van der Waals surface area contributed by atoms with Crippen molar-refractivity contribution in [2.45, 2.75) is 194 Å². The molecule has 0 spiro atoms. The van der Waals surface area contributed by atoms with Crippen LogP contribution in [0.3, 0.4) is 0 Å². The summed E-state index contributed by atoms with van der Waals surface area (Å²) >= 11 is 0. The van der Waals surface area contributed by atoms with Crippen LogP contribution in [0.15, 0.2) is 47.6 Å². The summed E-state index contributed by atoms with van der Waals surface area (Å²) in [7, 11) is 2.94. The highest BCUT2D eigenvalue weighted by atomic mass is 16.6. The molecule has 0 radical (unpaired) electrons. The molecule has 73 heavy (non-hydrogen) atoms. The van der Waals surface area contributed by atoms with E-state index in [-0.39, 0.29) is 48.7 Å². The number of aliphatic hydroxyl groups excluding tert-OH is 3. The number of amides is 1. The normalized spacial score (nSPS) is 37.4. The van der Waals surface area contributed by atoms with Crippen LogP contribution in [0, 0.1) is 46.8 Å². The fourth-order valence-electron chi connectivity index (χ4n) is 11.0. The summed E-state index contributed by atoms with van der Waals surface area (Å²) in [5.74, 6) is -8.99. The molecule has 0 aromatic carbocycles. The van der Waals surface area contributed by atoms with Gasteiger partial charge in [0.05, 0.1) is 25.4 Å². The van der Waals surface area contributed by atoms with Crippen LogP contribution in [-0.2, 0) is 52.5 Å². The second-order valence-corrected chi connectivity index (χ2v) is 22.2. The molecule has 2 bridgehead atoms. The van der Waals surface area contributed by atoms with Crippen molar-refractivity contribution >= 4 is 35.2 Å². The van der Waals surface area contributed by atoms with Crippen LogP contribution < -0.4 is 0 Å². The number of ether oxygens (including phenoxy) is 5. The van der Waals surface area contributed by atoms with Gasteiger partial charge in [-0.2, -0.15) is 0 Å². The minimum absolute atomic E-state index is 0.000795. The molecule has 3 aliphatic heterocycles. The Morgan fingerprint density at radius 3 is 2.25 bits per heavy atom. The standard InChI is InChI=1S/C57H89NO15/c1-12-42-29-41(22-24-46(42)72-55(67)56(9,32-59)33-60)28-37(5)48-31-45(61)36(4)27-39(7)50(63)51(70-11)49(62)38(6)26-34(2)18-14-13-15-19-35(3)47(69-10)30-43-23-21-40(8)57(68,73-43)52(64)53(65)58-25-17-16-20-44(58)54(66)71-48/h13-15,18-19,27,34,36-38,40-44,46-48,50-51,59-60,63,68H,12,16-17,20-26,28-33H2,1-11H3/b15-13+,18-14+,35-19+,39-27+/t34-,36-,37?,38-,40-,41?,42-,43+,44+,46-,47+,48+,50-,51+,57-/m1/s1. The average molecular weight is 1030 g/mol. The Hall–Kier alpha value is -3.90. The third-order valence-electron chi connectivity index (χ3n) is 16.3. The summed E-state index contributed by atoms with van der Waals surface area (Å²) in [5.41, 5.74) is -0.202. The first-order valence-electron chi connectivity index (χ1n) is 26.9. The summed E-state index contributed by atoms with van der Waals surface area (Å²) in [6.45, 7) is 15.0. The van der Waals surface area contributed by atoms with Gasteiger partial charge in [0.2, 0.25) is 5.79 Å². The van der Waals surface area contributed by atoms with Gasteiger partial charge in [0, 0.05) is 51.4 Å². The highest BCUT2D eigenvalue weighted by Gasteiger charge is 2.53. The summed E-state index contributed by atoms with van der Waals surface area (Å²) < 4.78 is 29.8. The number of hydrogen-bond acceptors (Lipinski definition) is 15. The third kappa shape index (κ3) is 16.1. The van der Waals surface area contributed by atoms with E-state index in [0.717, 1.165) is 5.57 Å². The topological polar surface area (TPSA) is 233 Å². The lowest BCUT2D eigenvalue weighted by molar-refractivity contribution is -0.265. The van der Waals surface area contributed by atoms with E-state index in [0.29, 0.717) is 76.2 Å². The number of Topliss-reactive ketones (excluding diaryl/α,β-unsaturated/α-hetero) is 3. The fourth-order valence-corrected chi connectivity index (χ4v) is 11.0. The van der Waals surface area contributed by atoms with Gasteiger partial charge in [0.1, 0.15) is 41.7 Å². The monoisotopic (exact) mass is 1030 g/mol. The van der Waals surface area contributed by atoms with Gasteiger partial charge in [-0.15, -0.1) is 0 Å². The van der Waals surface area contributed by atoms with Gasteiger partial charge in [-0.3, -0.25) is 24.0 Å². The van der Waals surface area contributed by atoms with Crippen molar-refractivity contribution in [1.82, 2.24) is 4.90 Å². The molecule has 2 saturated heterocycles. The number of esters is 2. The zero-order valence-electron chi connectivity index (χ0n) is 45.6. The predicted molar refractivity (Wildman–Crippen MR) is 274 cm³/mol. The Bertz CT molecular complexity index is 2010. The Morgan fingerprint density at radius 2 is 1.60 bits per heavy atom. The van der Waals surface area contributed by atoms with Gasteiger partial charge in [-0.05, 0) is 126 Å². The maximum absolute atomic E-state index is 14.6. The van der Waals surface area contributed by atoms with E-state index in [9.17, 15) is 49.2 Å². The molecule has 16 nitrogen and oxygen atoms in total. The minimum atomic E-state index is -2.46. The Labute approximate surface area is 434 Å². The quantitative estimate of drug-likeness (QED) is 0.101. The summed E-state index contributed by atoms with van der Waals surface area (Å²) in [4.78, 5) is 85.5. The van der Waals surface area contributed by atoms with Gasteiger partial charge in [0.25, 0.3) is 11.7 Å². The van der Waals surface area contributed by atoms with Crippen LogP contribution in [0.4, 0.5) is 0 Å². The van der Waals surface area contributed by atoms with Crippen LogP contribution in [-0.4, -0.2) is 143 Å². The predicted octanol–water partition coefficient (Wildman–Crippen LogP) is 6.73. The van der Waals surface area contributed by atoms with Crippen LogP contribution >= 0.6 is 0 Å². The van der Waals surface area contributed by atoms with Gasteiger partial charge in [-0.25, -0.2) is 4.79 Å². The number of cyclic esters (lactones) is 1. The van der Waals surface area contributed by atoms with E-state index in [1.54, 1.807) is 40.9 Å². The number of nitrogens with zero attached hydrogens (tertiary/aromatic N) is 1. The van der Waals surface area contributed by atoms with Gasteiger partial charge in [0.15, 0.2) is 5.78 Å². The molecule has 1 aliphatic carbocycles. The largest absolute Gasteiger partial charge is 0.462 e. The molecule has 0 aromatic heterocycles. The van der Waals surface area contributed by atoms with Crippen LogP contribution in [0.5, 0.6) is 0 Å². The first kappa shape index (κ1) is 61.6. The maximum Gasteiger partial charge on any atom is 0.329 e. The molecule has 2 unspecified atom stereocenters. The lowest BCUT2D eigenvalue weighted by atomic mass is 9.74. The smallest absolute Gasteiger partial charge is 0.329 e. The Kier molecular flexibility index (Phi) is 23.9. The van der Waals surface area contributed by atoms with Crippen molar-refractivity contribution in [3.05, 3.63) is 47.6 Å². The van der Waals surface area contributed by atoms with Crippen LogP contribution in [0.2, 0.25) is 0 Å². The lowest BCUT2D eigenvalue weighted by Gasteiger charge is -2.42. The van der Waals surface area contributed by atoms with E-state index in [1.165, 1.54) is 18.9 Å².